The molecule has 0 saturated carbocycles. The molecule has 6 aromatic rings. The van der Waals surface area contributed by atoms with Crippen LogP contribution in [0.4, 0.5) is 22.7 Å². The van der Waals surface area contributed by atoms with E-state index in [1.165, 1.54) is 12.1 Å². The Morgan fingerprint density at radius 1 is 0.600 bits per heavy atom. The summed E-state index contributed by atoms with van der Waals surface area (Å²) in [5.74, 6) is -0.987. The molecular formula is C44H48Cl2N8O9S2. The summed E-state index contributed by atoms with van der Waals surface area (Å²) in [6, 6.07) is 20.1. The first-order valence-electron chi connectivity index (χ1n) is 20.6. The molecule has 6 rings (SSSR count). The van der Waals surface area contributed by atoms with Gasteiger partial charge in [0.15, 0.2) is 11.4 Å². The highest BCUT2D eigenvalue weighted by atomic mass is 35.5. The van der Waals surface area contributed by atoms with E-state index >= 15 is 0 Å². The molecule has 0 radical (unpaired) electrons. The largest absolute Gasteiger partial charge is 0.492 e. The van der Waals surface area contributed by atoms with Gasteiger partial charge in [0.1, 0.15) is 0 Å². The molecule has 65 heavy (non-hydrogen) atoms. The van der Waals surface area contributed by atoms with E-state index in [0.717, 1.165) is 57.6 Å². The van der Waals surface area contributed by atoms with Gasteiger partial charge in [0.05, 0.1) is 60.1 Å². The maximum absolute atomic E-state index is 11.9. The van der Waals surface area contributed by atoms with E-state index in [1.807, 2.05) is 38.1 Å². The van der Waals surface area contributed by atoms with Crippen molar-refractivity contribution in [1.82, 2.24) is 19.6 Å². The molecule has 0 spiro atoms. The number of azo groups is 2. The molecule has 2 atom stereocenters. The zero-order chi connectivity index (χ0) is 47.5. The van der Waals surface area contributed by atoms with Crippen molar-refractivity contribution >= 4 is 66.2 Å². The summed E-state index contributed by atoms with van der Waals surface area (Å²) in [6.45, 7) is 11.4. The molecule has 0 fully saturated rings. The number of rotatable bonds is 17. The molecule has 0 bridgehead atoms. The van der Waals surface area contributed by atoms with E-state index < -0.39 is 47.9 Å². The Labute approximate surface area is 386 Å². The zero-order valence-electron chi connectivity index (χ0n) is 36.2. The minimum Gasteiger partial charge on any atom is -0.492 e. The fraction of sp³-hybridized carbons (Fsp3) is 0.318. The van der Waals surface area contributed by atoms with Gasteiger partial charge in [0.2, 0.25) is 11.8 Å². The monoisotopic (exact) mass is 966 g/mol. The number of aromatic nitrogens is 4. The number of aliphatic hydroxyl groups is 1. The van der Waals surface area contributed by atoms with Crippen molar-refractivity contribution in [3.8, 4) is 23.1 Å². The van der Waals surface area contributed by atoms with Gasteiger partial charge in [-0.15, -0.1) is 15.3 Å². The molecule has 0 aliphatic rings. The highest BCUT2D eigenvalue weighted by Gasteiger charge is 2.28. The molecule has 2 heterocycles. The number of aliphatic hydroxyl groups excluding tert-OH is 1. The van der Waals surface area contributed by atoms with Crippen molar-refractivity contribution in [1.29, 1.82) is 0 Å². The Balaban J connectivity index is 1.35. The van der Waals surface area contributed by atoms with Gasteiger partial charge in [-0.05, 0) is 91.4 Å². The van der Waals surface area contributed by atoms with Crippen LogP contribution in [0.15, 0.2) is 109 Å². The van der Waals surface area contributed by atoms with Crippen molar-refractivity contribution in [3.63, 3.8) is 0 Å². The lowest BCUT2D eigenvalue weighted by Crippen LogP contribution is -2.15. The molecule has 0 aliphatic carbocycles. The van der Waals surface area contributed by atoms with Gasteiger partial charge in [-0.2, -0.15) is 41.5 Å². The van der Waals surface area contributed by atoms with Gasteiger partial charge in [-0.1, -0.05) is 101 Å². The summed E-state index contributed by atoms with van der Waals surface area (Å²) in [7, 11) is -9.15. The highest BCUT2D eigenvalue weighted by molar-refractivity contribution is 7.86. The van der Waals surface area contributed by atoms with Crippen LogP contribution in [0.2, 0.25) is 10.0 Å². The van der Waals surface area contributed by atoms with E-state index in [2.05, 4.69) is 44.5 Å². The van der Waals surface area contributed by atoms with Crippen molar-refractivity contribution in [2.24, 2.45) is 32.3 Å². The smallest absolute Gasteiger partial charge is 0.294 e. The fourth-order valence-electron chi connectivity index (χ4n) is 7.75. The van der Waals surface area contributed by atoms with Gasteiger partial charge in [-0.3, -0.25) is 9.11 Å². The molecule has 0 amide bonds. The van der Waals surface area contributed by atoms with Crippen molar-refractivity contribution in [2.45, 2.75) is 89.0 Å². The quantitative estimate of drug-likeness (QED) is 0.0424. The minimum atomic E-state index is -4.59. The maximum atomic E-state index is 11.9. The predicted molar refractivity (Wildman–Crippen MR) is 246 cm³/mol. The van der Waals surface area contributed by atoms with E-state index in [4.69, 9.17) is 23.2 Å². The van der Waals surface area contributed by atoms with Crippen LogP contribution >= 0.6 is 23.2 Å². The first kappa shape index (κ1) is 48.9. The molecule has 5 N–H and O–H groups in total. The van der Waals surface area contributed by atoms with E-state index in [-0.39, 0.29) is 61.9 Å². The van der Waals surface area contributed by atoms with Crippen LogP contribution < -0.4 is 0 Å². The maximum Gasteiger partial charge on any atom is 0.294 e. The van der Waals surface area contributed by atoms with Gasteiger partial charge in [0, 0.05) is 11.5 Å². The second-order valence-corrected chi connectivity index (χ2v) is 19.1. The molecule has 17 nitrogen and oxygen atoms in total. The van der Waals surface area contributed by atoms with Crippen LogP contribution in [-0.4, -0.2) is 60.8 Å². The molecule has 2 aromatic heterocycles. The lowest BCUT2D eigenvalue weighted by atomic mass is 9.77. The van der Waals surface area contributed by atoms with Gasteiger partial charge < -0.3 is 15.3 Å². The number of nitrogens with zero attached hydrogens (tertiary/aromatic N) is 8. The van der Waals surface area contributed by atoms with E-state index in [0.29, 0.717) is 29.8 Å². The zero-order valence-corrected chi connectivity index (χ0v) is 39.3. The minimum absolute atomic E-state index is 0.00414. The van der Waals surface area contributed by atoms with E-state index in [9.17, 15) is 41.3 Å². The summed E-state index contributed by atoms with van der Waals surface area (Å²) in [4.78, 5) is -0.883. The first-order chi connectivity index (χ1) is 30.7. The number of hydrogen-bond acceptors (Lipinski definition) is 13. The van der Waals surface area contributed by atoms with Gasteiger partial charge >= 0.3 is 0 Å². The van der Waals surface area contributed by atoms with Crippen LogP contribution in [-0.2, 0) is 20.2 Å². The Hall–Kier alpha value is -5.54. The standard InChI is InChI=1S/C44H48Cl2N8O9S2/c1-7-26(8-2)39(28-11-14-30(15-12-28)47-49-40-24(5)51-53(43(40)56)37-22-31(64(58,59)60)16-18-34(37)45)29-13-20-36(33(21-29)42(55)27(9-3)10-4)48-50-41-25(6)52-54(44(41)57)38-23-32(65(61,62)63)17-19-35(38)46/h11-23,26-27,39,42,55-57H,7-10H2,1-6H3,(H,58,59,60)(H,61,62,63)/b49-47+,50-48+. The number of halogens is 2. The number of aryl methyl sites for hydroxylation is 2. The van der Waals surface area contributed by atoms with Gasteiger partial charge in [-0.25, -0.2) is 0 Å². The summed E-state index contributed by atoms with van der Waals surface area (Å²) in [5, 5.41) is 60.4. The highest BCUT2D eigenvalue weighted by Crippen LogP contribution is 2.43. The lowest BCUT2D eigenvalue weighted by Gasteiger charge is -2.28. The SMILES string of the molecule is CCC(CC)C(O)c1cc(C(c2ccc(/N=N/c3c(C)nn(-c4cc(S(=O)(=O)O)ccc4Cl)c3O)cc2)C(CC)CC)ccc1/N=N/c1c(C)nn(-c2cc(S(=O)(=O)O)ccc2Cl)c1O. The molecule has 0 saturated heterocycles. The summed E-state index contributed by atoms with van der Waals surface area (Å²) in [5.41, 5.74) is 3.77. The lowest BCUT2D eigenvalue weighted by molar-refractivity contribution is 0.104. The van der Waals surface area contributed by atoms with Crippen LogP contribution in [0, 0.1) is 25.7 Å². The Kier molecular flexibility index (Phi) is 15.0. The van der Waals surface area contributed by atoms with Crippen molar-refractivity contribution in [2.75, 3.05) is 0 Å². The van der Waals surface area contributed by atoms with Crippen molar-refractivity contribution < 1.29 is 41.3 Å². The van der Waals surface area contributed by atoms with Gasteiger partial charge in [0.25, 0.3) is 20.2 Å². The van der Waals surface area contributed by atoms with E-state index in [1.54, 1.807) is 32.0 Å². The molecule has 0 aliphatic heterocycles. The Morgan fingerprint density at radius 2 is 1.05 bits per heavy atom. The van der Waals surface area contributed by atoms with Crippen molar-refractivity contribution in [3.05, 3.63) is 117 Å². The average molecular weight is 968 g/mol. The number of hydrogen-bond donors (Lipinski definition) is 5. The molecule has 21 heteroatoms. The average Bonchev–Trinajstić information content (AvgIpc) is 3.71. The third-order valence-corrected chi connectivity index (χ3v) is 13.8. The van der Waals surface area contributed by atoms with Crippen LogP contribution in [0.25, 0.3) is 11.4 Å². The third-order valence-electron chi connectivity index (χ3n) is 11.4. The molecular weight excluding hydrogens is 920 g/mol. The summed E-state index contributed by atoms with van der Waals surface area (Å²) < 4.78 is 68.4. The summed E-state index contributed by atoms with van der Waals surface area (Å²) in [6.07, 6.45) is 2.14. The van der Waals surface area contributed by atoms with Crippen LogP contribution in [0.1, 0.15) is 93.5 Å². The molecule has 344 valence electrons. The fourth-order valence-corrected chi connectivity index (χ4v) is 9.15. The molecule has 2 unspecified atom stereocenters. The number of benzene rings is 4. The van der Waals surface area contributed by atoms with Crippen LogP contribution in [0.5, 0.6) is 11.8 Å². The second kappa shape index (κ2) is 19.9. The molecule has 4 aromatic carbocycles. The third kappa shape index (κ3) is 10.5. The topological polar surface area (TPSA) is 255 Å². The second-order valence-electron chi connectivity index (χ2n) is 15.4. The predicted octanol–water partition coefficient (Wildman–Crippen LogP) is 11.8. The van der Waals surface area contributed by atoms with Crippen LogP contribution in [0.3, 0.4) is 0 Å². The Morgan fingerprint density at radius 3 is 1.49 bits per heavy atom. The number of aromatic hydroxyl groups is 2. The normalized spacial score (nSPS) is 13.5. The Bertz CT molecular complexity index is 3000. The first-order valence-corrected chi connectivity index (χ1v) is 24.2. The summed E-state index contributed by atoms with van der Waals surface area (Å²) >= 11 is 12.6.